The van der Waals surface area contributed by atoms with E-state index < -0.39 is 10.0 Å². The maximum Gasteiger partial charge on any atom is 0.223 e. The maximum atomic E-state index is 12.1. The smallest absolute Gasteiger partial charge is 0.223 e. The molecule has 23 heavy (non-hydrogen) atoms. The number of nitrogens with zero attached hydrogens (tertiary/aromatic N) is 2. The van der Waals surface area contributed by atoms with Crippen molar-refractivity contribution in [3.8, 4) is 0 Å². The summed E-state index contributed by atoms with van der Waals surface area (Å²) in [5, 5.41) is 3.00. The highest BCUT2D eigenvalue weighted by molar-refractivity contribution is 7.88. The Balaban J connectivity index is 1.38. The number of rotatable bonds is 6. The van der Waals surface area contributed by atoms with Crippen LogP contribution in [0.5, 0.6) is 0 Å². The average molecular weight is 337 g/mol. The van der Waals surface area contributed by atoms with Gasteiger partial charge in [0.15, 0.2) is 0 Å². The third-order valence-corrected chi connectivity index (χ3v) is 6.08. The second-order valence-electron chi connectivity index (χ2n) is 6.59. The van der Waals surface area contributed by atoms with Gasteiger partial charge < -0.3 is 5.32 Å². The van der Waals surface area contributed by atoms with Gasteiger partial charge in [0.2, 0.25) is 15.9 Å². The summed E-state index contributed by atoms with van der Waals surface area (Å²) >= 11 is 0. The van der Waals surface area contributed by atoms with Crippen LogP contribution in [-0.4, -0.2) is 49.5 Å². The number of amides is 1. The van der Waals surface area contributed by atoms with Crippen LogP contribution in [0.1, 0.15) is 30.7 Å². The zero-order valence-corrected chi connectivity index (χ0v) is 14.1. The predicted molar refractivity (Wildman–Crippen MR) is 87.2 cm³/mol. The van der Waals surface area contributed by atoms with E-state index in [9.17, 15) is 13.2 Å². The standard InChI is InChI=1S/C16H23N3O3S/c1-23(21,22)19-8-5-12(11-19)4-7-18-16(20)15-9-14(15)13-3-2-6-17-10-13/h2-3,6,10,12,14-15H,4-5,7-9,11H2,1H3,(H,18,20). The Hall–Kier alpha value is -1.47. The molecule has 126 valence electrons. The molecule has 2 heterocycles. The van der Waals surface area contributed by atoms with Gasteiger partial charge in [-0.15, -0.1) is 0 Å². The highest BCUT2D eigenvalue weighted by atomic mass is 32.2. The number of nitrogens with one attached hydrogen (secondary N) is 1. The lowest BCUT2D eigenvalue weighted by molar-refractivity contribution is -0.122. The van der Waals surface area contributed by atoms with E-state index in [4.69, 9.17) is 0 Å². The monoisotopic (exact) mass is 337 g/mol. The van der Waals surface area contributed by atoms with E-state index in [1.165, 1.54) is 10.6 Å². The Morgan fingerprint density at radius 1 is 1.48 bits per heavy atom. The van der Waals surface area contributed by atoms with Crippen LogP contribution < -0.4 is 5.32 Å². The van der Waals surface area contributed by atoms with Gasteiger partial charge in [-0.1, -0.05) is 6.07 Å². The van der Waals surface area contributed by atoms with E-state index in [0.717, 1.165) is 24.8 Å². The summed E-state index contributed by atoms with van der Waals surface area (Å²) in [6, 6.07) is 3.92. The summed E-state index contributed by atoms with van der Waals surface area (Å²) in [6.45, 7) is 1.80. The predicted octanol–water partition coefficient (Wildman–Crippen LogP) is 0.973. The molecule has 1 amide bonds. The molecule has 1 aromatic rings. The van der Waals surface area contributed by atoms with Crippen LogP contribution in [0.25, 0.3) is 0 Å². The lowest BCUT2D eigenvalue weighted by Crippen LogP contribution is -2.30. The molecule has 2 aliphatic rings. The van der Waals surface area contributed by atoms with Crippen LogP contribution in [0.15, 0.2) is 24.5 Å². The summed E-state index contributed by atoms with van der Waals surface area (Å²) in [7, 11) is -3.08. The Labute approximate surface area is 137 Å². The molecule has 3 rings (SSSR count). The first kappa shape index (κ1) is 16.4. The topological polar surface area (TPSA) is 79.4 Å². The number of aromatic nitrogens is 1. The molecule has 1 aliphatic carbocycles. The molecule has 1 saturated carbocycles. The summed E-state index contributed by atoms with van der Waals surface area (Å²) < 4.78 is 24.5. The molecule has 1 aromatic heterocycles. The minimum atomic E-state index is -3.08. The third kappa shape index (κ3) is 4.09. The summed E-state index contributed by atoms with van der Waals surface area (Å²) in [4.78, 5) is 16.2. The Morgan fingerprint density at radius 3 is 2.96 bits per heavy atom. The number of sulfonamides is 1. The molecule has 2 fully saturated rings. The summed E-state index contributed by atoms with van der Waals surface area (Å²) in [5.74, 6) is 0.821. The minimum absolute atomic E-state index is 0.0651. The quantitative estimate of drug-likeness (QED) is 0.839. The number of hydrogen-bond donors (Lipinski definition) is 1. The molecule has 0 aromatic carbocycles. The molecular formula is C16H23N3O3S. The third-order valence-electron chi connectivity index (χ3n) is 4.81. The molecule has 6 nitrogen and oxygen atoms in total. The van der Waals surface area contributed by atoms with Gasteiger partial charge in [0, 0.05) is 37.9 Å². The van der Waals surface area contributed by atoms with Crippen molar-refractivity contribution in [2.24, 2.45) is 11.8 Å². The van der Waals surface area contributed by atoms with Crippen LogP contribution in [0, 0.1) is 11.8 Å². The zero-order valence-electron chi connectivity index (χ0n) is 13.3. The average Bonchev–Trinajstić information content (AvgIpc) is 3.18. The van der Waals surface area contributed by atoms with Crippen LogP contribution in [0.2, 0.25) is 0 Å². The van der Waals surface area contributed by atoms with Crippen molar-refractivity contribution >= 4 is 15.9 Å². The second-order valence-corrected chi connectivity index (χ2v) is 8.57. The van der Waals surface area contributed by atoms with Crippen LogP contribution >= 0.6 is 0 Å². The Morgan fingerprint density at radius 2 is 2.30 bits per heavy atom. The van der Waals surface area contributed by atoms with E-state index in [2.05, 4.69) is 10.3 Å². The van der Waals surface area contributed by atoms with E-state index in [0.29, 0.717) is 31.5 Å². The van der Waals surface area contributed by atoms with Crippen LogP contribution in [0.4, 0.5) is 0 Å². The second kappa shape index (κ2) is 6.57. The van der Waals surface area contributed by atoms with Gasteiger partial charge in [0.05, 0.1) is 6.26 Å². The van der Waals surface area contributed by atoms with Crippen molar-refractivity contribution < 1.29 is 13.2 Å². The van der Waals surface area contributed by atoms with Crippen molar-refractivity contribution in [2.45, 2.75) is 25.2 Å². The van der Waals surface area contributed by atoms with Gasteiger partial charge in [-0.05, 0) is 42.7 Å². The first-order chi connectivity index (χ1) is 10.9. The number of pyridine rings is 1. The molecule has 0 radical (unpaired) electrons. The zero-order chi connectivity index (χ0) is 16.4. The number of hydrogen-bond acceptors (Lipinski definition) is 4. The fraction of sp³-hybridized carbons (Fsp3) is 0.625. The first-order valence-corrected chi connectivity index (χ1v) is 9.92. The molecule has 3 unspecified atom stereocenters. The SMILES string of the molecule is CS(=O)(=O)N1CCC(CCNC(=O)C2CC2c2cccnc2)C1. The van der Waals surface area contributed by atoms with Crippen LogP contribution in [0.3, 0.4) is 0 Å². The maximum absolute atomic E-state index is 12.1. The van der Waals surface area contributed by atoms with Gasteiger partial charge in [-0.25, -0.2) is 12.7 Å². The van der Waals surface area contributed by atoms with Crippen molar-refractivity contribution in [1.82, 2.24) is 14.6 Å². The number of carbonyl (C=O) groups is 1. The van der Waals surface area contributed by atoms with E-state index in [1.807, 2.05) is 18.3 Å². The lowest BCUT2D eigenvalue weighted by atomic mass is 10.1. The van der Waals surface area contributed by atoms with E-state index in [-0.39, 0.29) is 11.8 Å². The molecule has 3 atom stereocenters. The highest BCUT2D eigenvalue weighted by Crippen LogP contribution is 2.47. The highest BCUT2D eigenvalue weighted by Gasteiger charge is 2.43. The molecule has 1 saturated heterocycles. The van der Waals surface area contributed by atoms with Crippen molar-refractivity contribution in [2.75, 3.05) is 25.9 Å². The van der Waals surface area contributed by atoms with Crippen molar-refractivity contribution in [3.63, 3.8) is 0 Å². The lowest BCUT2D eigenvalue weighted by Gasteiger charge is -2.13. The van der Waals surface area contributed by atoms with Gasteiger partial charge in [0.25, 0.3) is 0 Å². The van der Waals surface area contributed by atoms with E-state index >= 15 is 0 Å². The van der Waals surface area contributed by atoms with Crippen molar-refractivity contribution in [1.29, 1.82) is 0 Å². The van der Waals surface area contributed by atoms with Crippen molar-refractivity contribution in [3.05, 3.63) is 30.1 Å². The summed E-state index contributed by atoms with van der Waals surface area (Å²) in [6.07, 6.45) is 7.43. The van der Waals surface area contributed by atoms with Gasteiger partial charge in [0.1, 0.15) is 0 Å². The largest absolute Gasteiger partial charge is 0.356 e. The molecule has 7 heteroatoms. The molecule has 1 aliphatic heterocycles. The normalized spacial score (nSPS) is 27.8. The number of carbonyl (C=O) groups excluding carboxylic acids is 1. The summed E-state index contributed by atoms with van der Waals surface area (Å²) in [5.41, 5.74) is 1.13. The fourth-order valence-electron chi connectivity index (χ4n) is 3.31. The first-order valence-electron chi connectivity index (χ1n) is 8.08. The Bertz CT molecular complexity index is 662. The molecule has 0 bridgehead atoms. The molecule has 1 N–H and O–H groups in total. The van der Waals surface area contributed by atoms with Crippen LogP contribution in [-0.2, 0) is 14.8 Å². The molecular weight excluding hydrogens is 314 g/mol. The van der Waals surface area contributed by atoms with Gasteiger partial charge in [-0.2, -0.15) is 0 Å². The van der Waals surface area contributed by atoms with Gasteiger partial charge >= 0.3 is 0 Å². The van der Waals surface area contributed by atoms with Gasteiger partial charge in [-0.3, -0.25) is 9.78 Å². The minimum Gasteiger partial charge on any atom is -0.356 e. The van der Waals surface area contributed by atoms with E-state index in [1.54, 1.807) is 6.20 Å². The Kier molecular flexibility index (Phi) is 4.68. The molecule has 0 spiro atoms. The fourth-order valence-corrected chi connectivity index (χ4v) is 4.23.